The van der Waals surface area contributed by atoms with Crippen molar-refractivity contribution in [1.29, 1.82) is 0 Å². The molecule has 4 aliphatic rings. The van der Waals surface area contributed by atoms with Crippen molar-refractivity contribution in [3.05, 3.63) is 83.4 Å². The SMILES string of the molecule is COC[C@H](Cc1ccccc1)NC(=O)c1cc(-c2cccc(CN3O[C@@H](CO)[C@@H](CO)[C@H]3C(=O)N[C@H]3C[C@H]4C[C@@H]([C@@H]3C)C4(C)C)c2OC)cc(N(C)C)c1. The molecular formula is C43H58N4O7. The summed E-state index contributed by atoms with van der Waals surface area (Å²) in [6, 6.07) is 20.5. The molecule has 0 unspecified atom stereocenters. The van der Waals surface area contributed by atoms with E-state index in [1.54, 1.807) is 19.3 Å². The molecule has 3 aromatic rings. The van der Waals surface area contributed by atoms with E-state index >= 15 is 0 Å². The average molecular weight is 743 g/mol. The van der Waals surface area contributed by atoms with Gasteiger partial charge in [-0.25, -0.2) is 0 Å². The fourth-order valence-corrected chi connectivity index (χ4v) is 9.21. The maximum Gasteiger partial charge on any atom is 0.251 e. The standard InChI is InChI=1S/C43H58N4O7/c1-26-36-20-31(43(36,2)3)21-37(26)45-42(51)39-35(23-48)38(24-49)54-47(39)22-28-14-11-15-34(40(28)53-7)29-17-30(19-33(18-29)46(4)5)41(50)44-32(25-52-6)16-27-12-9-8-10-13-27/h8-15,17-19,26,31-32,35-39,48-49H,16,20-25H2,1-7H3,(H,44,50)(H,45,51)/t26-,31+,32-,35+,36-,37-,38-,39-/m0/s1. The number of para-hydroxylation sites is 1. The van der Waals surface area contributed by atoms with Gasteiger partial charge in [-0.05, 0) is 71.8 Å². The minimum absolute atomic E-state index is 0.0417. The van der Waals surface area contributed by atoms with Gasteiger partial charge in [0.1, 0.15) is 17.9 Å². The summed E-state index contributed by atoms with van der Waals surface area (Å²) in [6.45, 7) is 6.78. The largest absolute Gasteiger partial charge is 0.496 e. The highest BCUT2D eigenvalue weighted by atomic mass is 16.7. The Hall–Kier alpha value is -4.00. The lowest BCUT2D eigenvalue weighted by molar-refractivity contribution is -0.183. The summed E-state index contributed by atoms with van der Waals surface area (Å²) < 4.78 is 11.5. The molecule has 8 atom stereocenters. The maximum atomic E-state index is 14.1. The van der Waals surface area contributed by atoms with Crippen LogP contribution in [-0.4, -0.2) is 99.5 Å². The number of carbonyl (C=O) groups excluding carboxylic acids is 2. The molecule has 292 valence electrons. The molecule has 3 saturated carbocycles. The number of aliphatic hydroxyl groups is 2. The smallest absolute Gasteiger partial charge is 0.251 e. The number of hydroxylamine groups is 2. The normalized spacial score (nSPS) is 26.4. The molecule has 4 fully saturated rings. The molecule has 0 aromatic heterocycles. The van der Waals surface area contributed by atoms with Gasteiger partial charge in [0.25, 0.3) is 5.91 Å². The van der Waals surface area contributed by atoms with E-state index in [1.165, 1.54) is 6.42 Å². The van der Waals surface area contributed by atoms with Crippen molar-refractivity contribution in [2.24, 2.45) is 29.1 Å². The maximum absolute atomic E-state index is 14.1. The second kappa shape index (κ2) is 16.8. The number of nitrogens with one attached hydrogen (secondary N) is 2. The van der Waals surface area contributed by atoms with Crippen LogP contribution >= 0.6 is 0 Å². The molecular weight excluding hydrogens is 684 g/mol. The lowest BCUT2D eigenvalue weighted by atomic mass is 9.45. The monoisotopic (exact) mass is 742 g/mol. The Kier molecular flexibility index (Phi) is 12.3. The molecule has 2 bridgehead atoms. The van der Waals surface area contributed by atoms with Gasteiger partial charge in [-0.3, -0.25) is 14.4 Å². The van der Waals surface area contributed by atoms with Crippen molar-refractivity contribution in [3.8, 4) is 16.9 Å². The van der Waals surface area contributed by atoms with Gasteiger partial charge in [-0.15, -0.1) is 0 Å². The number of ether oxygens (including phenoxy) is 2. The number of amides is 2. The van der Waals surface area contributed by atoms with Gasteiger partial charge < -0.3 is 35.2 Å². The van der Waals surface area contributed by atoms with Crippen molar-refractivity contribution in [3.63, 3.8) is 0 Å². The van der Waals surface area contributed by atoms with Crippen LogP contribution in [0.15, 0.2) is 66.7 Å². The highest BCUT2D eigenvalue weighted by Crippen LogP contribution is 2.61. The Morgan fingerprint density at radius 2 is 1.78 bits per heavy atom. The van der Waals surface area contributed by atoms with Crippen molar-refractivity contribution in [2.45, 2.75) is 70.8 Å². The fraction of sp³-hybridized carbons (Fsp3) is 0.535. The van der Waals surface area contributed by atoms with E-state index in [9.17, 15) is 19.8 Å². The number of methoxy groups -OCH3 is 2. The van der Waals surface area contributed by atoms with Crippen LogP contribution in [0.4, 0.5) is 5.69 Å². The number of rotatable bonds is 15. The van der Waals surface area contributed by atoms with Gasteiger partial charge in [-0.1, -0.05) is 69.3 Å². The number of benzene rings is 3. The van der Waals surface area contributed by atoms with Crippen LogP contribution in [-0.2, 0) is 27.3 Å². The second-order valence-electron chi connectivity index (χ2n) is 16.2. The lowest BCUT2D eigenvalue weighted by Crippen LogP contribution is -2.62. The van der Waals surface area contributed by atoms with Gasteiger partial charge in [0, 0.05) is 55.5 Å². The van der Waals surface area contributed by atoms with Crippen LogP contribution in [0.25, 0.3) is 11.1 Å². The summed E-state index contributed by atoms with van der Waals surface area (Å²) in [4.78, 5) is 36.1. The van der Waals surface area contributed by atoms with Crippen LogP contribution in [0.3, 0.4) is 0 Å². The average Bonchev–Trinajstić information content (AvgIpc) is 3.52. The Balaban J connectivity index is 1.26. The van der Waals surface area contributed by atoms with Crippen molar-refractivity contribution in [2.75, 3.05) is 53.0 Å². The van der Waals surface area contributed by atoms with Crippen LogP contribution in [0, 0.1) is 29.1 Å². The quantitative estimate of drug-likeness (QED) is 0.175. The fourth-order valence-electron chi connectivity index (χ4n) is 9.21. The predicted molar refractivity (Wildman–Crippen MR) is 209 cm³/mol. The summed E-state index contributed by atoms with van der Waals surface area (Å²) in [7, 11) is 7.09. The zero-order valence-corrected chi connectivity index (χ0v) is 32.7. The molecule has 11 heteroatoms. The molecule has 54 heavy (non-hydrogen) atoms. The van der Waals surface area contributed by atoms with E-state index < -0.39 is 18.1 Å². The van der Waals surface area contributed by atoms with Gasteiger partial charge in [-0.2, -0.15) is 5.06 Å². The van der Waals surface area contributed by atoms with Crippen LogP contribution < -0.4 is 20.3 Å². The van der Waals surface area contributed by atoms with E-state index in [0.29, 0.717) is 42.1 Å². The minimum Gasteiger partial charge on any atom is -0.496 e. The summed E-state index contributed by atoms with van der Waals surface area (Å²) in [6.07, 6.45) is 2.02. The number of hydrogen-bond acceptors (Lipinski definition) is 9. The Labute approximate surface area is 319 Å². The highest BCUT2D eigenvalue weighted by Gasteiger charge is 2.57. The molecule has 11 nitrogen and oxygen atoms in total. The molecule has 1 aliphatic heterocycles. The number of aliphatic hydroxyl groups excluding tert-OH is 2. The predicted octanol–water partition coefficient (Wildman–Crippen LogP) is 4.69. The first-order chi connectivity index (χ1) is 25.9. The summed E-state index contributed by atoms with van der Waals surface area (Å²) in [5.74, 6) is 1.000. The van der Waals surface area contributed by atoms with Crippen molar-refractivity contribution < 1.29 is 34.1 Å². The topological polar surface area (TPSA) is 133 Å². The van der Waals surface area contributed by atoms with Crippen LogP contribution in [0.2, 0.25) is 0 Å². The Bertz CT molecular complexity index is 1770. The van der Waals surface area contributed by atoms with Crippen molar-refractivity contribution in [1.82, 2.24) is 15.7 Å². The summed E-state index contributed by atoms with van der Waals surface area (Å²) in [5, 5.41) is 28.8. The highest BCUT2D eigenvalue weighted by molar-refractivity contribution is 5.97. The van der Waals surface area contributed by atoms with Crippen LogP contribution in [0.1, 0.15) is 55.1 Å². The molecule has 0 radical (unpaired) electrons. The Morgan fingerprint density at radius 3 is 2.41 bits per heavy atom. The summed E-state index contributed by atoms with van der Waals surface area (Å²) >= 11 is 0. The van der Waals surface area contributed by atoms with E-state index in [0.717, 1.165) is 34.4 Å². The zero-order chi connectivity index (χ0) is 38.7. The summed E-state index contributed by atoms with van der Waals surface area (Å²) in [5.41, 5.74) is 5.01. The van der Waals surface area contributed by atoms with Crippen molar-refractivity contribution >= 4 is 17.5 Å². The molecule has 0 spiro atoms. The molecule has 1 saturated heterocycles. The van der Waals surface area contributed by atoms with Gasteiger partial charge in [0.2, 0.25) is 5.91 Å². The second-order valence-corrected chi connectivity index (χ2v) is 16.2. The number of fused-ring (bicyclic) bond motifs is 2. The third kappa shape index (κ3) is 8.02. The van der Waals surface area contributed by atoms with E-state index in [4.69, 9.17) is 14.3 Å². The first-order valence-corrected chi connectivity index (χ1v) is 19.2. The number of anilines is 1. The van der Waals surface area contributed by atoms with Crippen LogP contribution in [0.5, 0.6) is 5.75 Å². The zero-order valence-electron chi connectivity index (χ0n) is 32.7. The number of carbonyl (C=O) groups is 2. The number of nitrogens with zero attached hydrogens (tertiary/aromatic N) is 2. The number of hydrogen-bond donors (Lipinski definition) is 4. The molecule has 1 heterocycles. The Morgan fingerprint density at radius 1 is 1.02 bits per heavy atom. The molecule has 7 rings (SSSR count). The third-order valence-electron chi connectivity index (χ3n) is 12.5. The molecule has 2 amide bonds. The van der Waals surface area contributed by atoms with Gasteiger partial charge in [0.05, 0.1) is 39.5 Å². The van der Waals surface area contributed by atoms with Gasteiger partial charge in [0.15, 0.2) is 0 Å². The molecule has 3 aliphatic carbocycles. The molecule has 3 aromatic carbocycles. The van der Waals surface area contributed by atoms with Gasteiger partial charge >= 0.3 is 0 Å². The first kappa shape index (κ1) is 39.7. The minimum atomic E-state index is -0.817. The third-order valence-corrected chi connectivity index (χ3v) is 12.5. The molecule has 4 N–H and O–H groups in total. The van der Waals surface area contributed by atoms with E-state index in [2.05, 4.69) is 31.4 Å². The van der Waals surface area contributed by atoms with E-state index in [-0.39, 0.29) is 49.1 Å². The van der Waals surface area contributed by atoms with E-state index in [1.807, 2.05) is 85.7 Å². The first-order valence-electron chi connectivity index (χ1n) is 19.2. The lowest BCUT2D eigenvalue weighted by Gasteiger charge is -2.62.